The molecule has 5 rings (SSSR count). The number of allylic oxidation sites excluding steroid dienone is 1. The van der Waals surface area contributed by atoms with Gasteiger partial charge in [-0.3, -0.25) is 14.8 Å². The van der Waals surface area contributed by atoms with Crippen LogP contribution in [0.5, 0.6) is 0 Å². The average Bonchev–Trinajstić information content (AvgIpc) is 3.96. The summed E-state index contributed by atoms with van der Waals surface area (Å²) in [6.45, 7) is 19.5. The number of nitrogens with zero attached hydrogens (tertiary/aromatic N) is 5. The molecular weight excluding hydrogens is 660 g/mol. The van der Waals surface area contributed by atoms with Crippen molar-refractivity contribution >= 4 is 22.6 Å². The number of piperazine rings is 1. The normalized spacial score (nSPS) is 19.6. The summed E-state index contributed by atoms with van der Waals surface area (Å²) < 4.78 is 44.3. The van der Waals surface area contributed by atoms with Gasteiger partial charge in [0.05, 0.1) is 17.6 Å². The maximum Gasteiger partial charge on any atom is 0.406 e. The second-order valence-corrected chi connectivity index (χ2v) is 16.0. The van der Waals surface area contributed by atoms with Crippen molar-refractivity contribution in [3.8, 4) is 0 Å². The fourth-order valence-corrected chi connectivity index (χ4v) is 8.21. The zero-order valence-electron chi connectivity index (χ0n) is 32.4. The number of hydrogen-bond donors (Lipinski definition) is 2. The number of benzene rings is 1. The molecule has 0 radical (unpaired) electrons. The van der Waals surface area contributed by atoms with Crippen molar-refractivity contribution in [1.29, 1.82) is 0 Å². The predicted octanol–water partition coefficient (Wildman–Crippen LogP) is 8.27. The first-order chi connectivity index (χ1) is 24.7. The molecular formula is C42H62F3N7. The number of rotatable bonds is 16. The largest absolute Gasteiger partial charge is 0.406 e. The minimum absolute atomic E-state index is 0.103. The monoisotopic (exact) mass is 722 g/mol. The van der Waals surface area contributed by atoms with Crippen LogP contribution >= 0.6 is 0 Å². The van der Waals surface area contributed by atoms with Gasteiger partial charge in [-0.1, -0.05) is 51.5 Å². The van der Waals surface area contributed by atoms with E-state index in [0.717, 1.165) is 81.9 Å². The van der Waals surface area contributed by atoms with Crippen LogP contribution in [0.4, 0.5) is 24.5 Å². The second kappa shape index (κ2) is 17.3. The number of aromatic nitrogens is 1. The second-order valence-electron chi connectivity index (χ2n) is 16.0. The Morgan fingerprint density at radius 2 is 1.81 bits per heavy atom. The molecule has 7 nitrogen and oxygen atoms in total. The minimum Gasteiger partial charge on any atom is -0.368 e. The van der Waals surface area contributed by atoms with E-state index in [1.165, 1.54) is 23.3 Å². The Balaban J connectivity index is 1.56. The predicted molar refractivity (Wildman–Crippen MR) is 211 cm³/mol. The van der Waals surface area contributed by atoms with Crippen molar-refractivity contribution < 1.29 is 13.2 Å². The molecule has 3 heterocycles. The standard InChI is InChI=1S/C42H62F3N7/c1-8-18-41(5,6)25-30(3)40(38-24-37(26-48-39(38)31(4)46)51-22-20-50(21-23-51)35-16-17-35)52(29-42(43,44)45)36-14-12-32(13-15-36)33-11-10-19-49(27-33)28-34(9-2)47-7/h9,11-15,24,26,31,34-35,47H,2,8,10,16-23,25,27-29,46H2,1,3-7H3/b40-30+. The first-order valence-corrected chi connectivity index (χ1v) is 19.3. The first kappa shape index (κ1) is 40.0. The summed E-state index contributed by atoms with van der Waals surface area (Å²) in [7, 11) is 1.94. The molecule has 52 heavy (non-hydrogen) atoms. The average molecular weight is 722 g/mol. The molecule has 1 aromatic carbocycles. The Hall–Kier alpha value is -3.18. The Morgan fingerprint density at radius 1 is 1.12 bits per heavy atom. The molecule has 2 atom stereocenters. The van der Waals surface area contributed by atoms with Gasteiger partial charge in [0.25, 0.3) is 0 Å². The summed E-state index contributed by atoms with van der Waals surface area (Å²) in [4.78, 5) is 13.7. The van der Waals surface area contributed by atoms with Crippen LogP contribution in [0.3, 0.4) is 0 Å². The fourth-order valence-electron chi connectivity index (χ4n) is 8.21. The van der Waals surface area contributed by atoms with Crippen LogP contribution in [-0.4, -0.2) is 92.4 Å². The molecule has 2 aliphatic heterocycles. The summed E-state index contributed by atoms with van der Waals surface area (Å²) in [6.07, 6.45) is 7.65. The highest BCUT2D eigenvalue weighted by Crippen LogP contribution is 2.41. The quantitative estimate of drug-likeness (QED) is 0.169. The third-order valence-electron chi connectivity index (χ3n) is 10.9. The Kier molecular flexibility index (Phi) is 13.3. The van der Waals surface area contributed by atoms with Gasteiger partial charge in [-0.2, -0.15) is 13.2 Å². The Bertz CT molecular complexity index is 1550. The molecule has 3 aliphatic rings. The summed E-state index contributed by atoms with van der Waals surface area (Å²) >= 11 is 0. The van der Waals surface area contributed by atoms with Crippen LogP contribution in [0.25, 0.3) is 11.3 Å². The van der Waals surface area contributed by atoms with Gasteiger partial charge in [0, 0.05) is 80.9 Å². The topological polar surface area (TPSA) is 63.9 Å². The first-order valence-electron chi connectivity index (χ1n) is 19.3. The lowest BCUT2D eigenvalue weighted by atomic mass is 9.80. The highest BCUT2D eigenvalue weighted by atomic mass is 19.4. The van der Waals surface area contributed by atoms with Crippen molar-refractivity contribution in [2.45, 2.75) is 97.4 Å². The molecule has 1 saturated heterocycles. The van der Waals surface area contributed by atoms with Gasteiger partial charge in [-0.05, 0) is 93.3 Å². The summed E-state index contributed by atoms with van der Waals surface area (Å²) in [5.74, 6) is 0. The molecule has 2 unspecified atom stereocenters. The molecule has 286 valence electrons. The SMILES string of the molecule is C=CC(CN1CCC=C(c2ccc(N(CC(F)(F)F)/C(=C(\C)CC(C)(C)CCC)c3cc(N4CCN(C5CC5)CC4)cnc3C(C)N)cc2)C1)NC. The maximum atomic E-state index is 14.8. The molecule has 1 aliphatic carbocycles. The number of likely N-dealkylation sites (N-methyl/N-ethyl adjacent to an activating group) is 1. The van der Waals surface area contributed by atoms with Crippen LogP contribution in [0.1, 0.15) is 96.0 Å². The van der Waals surface area contributed by atoms with Crippen molar-refractivity contribution in [2.75, 3.05) is 69.2 Å². The van der Waals surface area contributed by atoms with Gasteiger partial charge in [0.15, 0.2) is 0 Å². The number of hydrogen-bond acceptors (Lipinski definition) is 7. The zero-order valence-corrected chi connectivity index (χ0v) is 32.4. The van der Waals surface area contributed by atoms with Crippen molar-refractivity contribution in [3.63, 3.8) is 0 Å². The minimum atomic E-state index is -4.46. The van der Waals surface area contributed by atoms with E-state index in [-0.39, 0.29) is 11.5 Å². The Morgan fingerprint density at radius 3 is 2.38 bits per heavy atom. The van der Waals surface area contributed by atoms with E-state index in [9.17, 15) is 13.2 Å². The van der Waals surface area contributed by atoms with E-state index in [0.29, 0.717) is 35.1 Å². The third kappa shape index (κ3) is 10.5. The number of anilines is 2. The highest BCUT2D eigenvalue weighted by molar-refractivity contribution is 5.84. The van der Waals surface area contributed by atoms with E-state index in [4.69, 9.17) is 10.7 Å². The van der Waals surface area contributed by atoms with Crippen LogP contribution in [0.2, 0.25) is 0 Å². The number of nitrogens with two attached hydrogens (primary N) is 1. The highest BCUT2D eigenvalue weighted by Gasteiger charge is 2.36. The van der Waals surface area contributed by atoms with Gasteiger partial charge in [0.1, 0.15) is 6.54 Å². The maximum absolute atomic E-state index is 14.8. The molecule has 1 saturated carbocycles. The zero-order chi connectivity index (χ0) is 37.6. The van der Waals surface area contributed by atoms with Gasteiger partial charge >= 0.3 is 6.18 Å². The number of pyridine rings is 1. The van der Waals surface area contributed by atoms with Gasteiger partial charge in [-0.15, -0.1) is 6.58 Å². The van der Waals surface area contributed by atoms with Crippen LogP contribution in [-0.2, 0) is 0 Å². The lowest BCUT2D eigenvalue weighted by Gasteiger charge is -2.37. The molecule has 0 bridgehead atoms. The summed E-state index contributed by atoms with van der Waals surface area (Å²) in [6, 6.07) is 10.1. The summed E-state index contributed by atoms with van der Waals surface area (Å²) in [5.41, 5.74) is 12.9. The van der Waals surface area contributed by atoms with Gasteiger partial charge < -0.3 is 20.9 Å². The lowest BCUT2D eigenvalue weighted by molar-refractivity contribution is -0.118. The molecule has 0 amide bonds. The molecule has 2 fully saturated rings. The molecule has 0 spiro atoms. The summed E-state index contributed by atoms with van der Waals surface area (Å²) in [5, 5.41) is 3.29. The van der Waals surface area contributed by atoms with E-state index >= 15 is 0 Å². The van der Waals surface area contributed by atoms with E-state index < -0.39 is 18.8 Å². The van der Waals surface area contributed by atoms with Crippen LogP contribution in [0, 0.1) is 5.41 Å². The van der Waals surface area contributed by atoms with E-state index in [1.54, 1.807) is 0 Å². The smallest absolute Gasteiger partial charge is 0.368 e. The van der Waals surface area contributed by atoms with E-state index in [2.05, 4.69) is 59.5 Å². The van der Waals surface area contributed by atoms with Crippen LogP contribution < -0.4 is 20.9 Å². The molecule has 2 aromatic rings. The van der Waals surface area contributed by atoms with Crippen molar-refractivity contribution in [2.24, 2.45) is 11.1 Å². The number of nitrogens with one attached hydrogen (secondary N) is 1. The fraction of sp³-hybridized carbons (Fsp3) is 0.595. The van der Waals surface area contributed by atoms with Crippen molar-refractivity contribution in [1.82, 2.24) is 20.1 Å². The third-order valence-corrected chi connectivity index (χ3v) is 10.9. The number of halogens is 3. The molecule has 3 N–H and O–H groups in total. The van der Waals surface area contributed by atoms with Gasteiger partial charge in [0.2, 0.25) is 0 Å². The Labute approximate surface area is 310 Å². The molecule has 10 heteroatoms. The van der Waals surface area contributed by atoms with Gasteiger partial charge in [-0.25, -0.2) is 0 Å². The van der Waals surface area contributed by atoms with E-state index in [1.807, 2.05) is 57.4 Å². The van der Waals surface area contributed by atoms with Crippen LogP contribution in [0.15, 0.2) is 60.8 Å². The van der Waals surface area contributed by atoms with Crippen molar-refractivity contribution in [3.05, 3.63) is 77.7 Å². The molecule has 1 aromatic heterocycles. The lowest BCUT2D eigenvalue weighted by Crippen LogP contribution is -2.47. The number of alkyl halides is 3.